The first kappa shape index (κ1) is 16.5. The predicted octanol–water partition coefficient (Wildman–Crippen LogP) is 4.43. The van der Waals surface area contributed by atoms with Gasteiger partial charge in [-0.2, -0.15) is 0 Å². The maximum absolute atomic E-state index is 3.60. The quantitative estimate of drug-likeness (QED) is 0.760. The lowest BCUT2D eigenvalue weighted by Gasteiger charge is -2.29. The highest BCUT2D eigenvalue weighted by Crippen LogP contribution is 2.27. The summed E-state index contributed by atoms with van der Waals surface area (Å²) in [5, 5.41) is 3.26. The highest BCUT2D eigenvalue weighted by atomic mass is 79.9. The van der Waals surface area contributed by atoms with Gasteiger partial charge in [0.25, 0.3) is 0 Å². The lowest BCUT2D eigenvalue weighted by molar-refractivity contribution is 0.485. The van der Waals surface area contributed by atoms with Gasteiger partial charge in [-0.3, -0.25) is 0 Å². The summed E-state index contributed by atoms with van der Waals surface area (Å²) in [6, 6.07) is 6.59. The zero-order valence-corrected chi connectivity index (χ0v) is 14.3. The van der Waals surface area contributed by atoms with Gasteiger partial charge in [-0.05, 0) is 37.6 Å². The summed E-state index contributed by atoms with van der Waals surface area (Å²) in [4.78, 5) is 2.51. The van der Waals surface area contributed by atoms with Crippen LogP contribution in [0.3, 0.4) is 0 Å². The largest absolute Gasteiger partial charge is 0.371 e. The molecule has 1 aromatic carbocycles. The Bertz CT molecular complexity index is 375. The number of benzene rings is 1. The summed E-state index contributed by atoms with van der Waals surface area (Å²) >= 11 is 3.60. The third-order valence-corrected chi connectivity index (χ3v) is 4.26. The van der Waals surface area contributed by atoms with Crippen molar-refractivity contribution >= 4 is 21.6 Å². The molecule has 0 bridgehead atoms. The summed E-state index contributed by atoms with van der Waals surface area (Å²) in [6.07, 6.45) is 2.50. The topological polar surface area (TPSA) is 15.3 Å². The van der Waals surface area contributed by atoms with E-state index in [0.717, 1.165) is 30.0 Å². The van der Waals surface area contributed by atoms with E-state index in [1.54, 1.807) is 0 Å². The van der Waals surface area contributed by atoms with Crippen molar-refractivity contribution in [2.45, 2.75) is 40.2 Å². The van der Waals surface area contributed by atoms with Crippen LogP contribution in [0.25, 0.3) is 0 Å². The molecule has 0 saturated carbocycles. The fourth-order valence-electron chi connectivity index (χ4n) is 2.43. The van der Waals surface area contributed by atoms with Crippen molar-refractivity contribution in [1.82, 2.24) is 5.32 Å². The van der Waals surface area contributed by atoms with E-state index in [1.807, 2.05) is 7.05 Å². The molecule has 0 amide bonds. The molecule has 1 N–H and O–H groups in total. The van der Waals surface area contributed by atoms with Gasteiger partial charge in [0.05, 0.1) is 0 Å². The molecular weight excluding hydrogens is 300 g/mol. The van der Waals surface area contributed by atoms with Crippen molar-refractivity contribution in [2.75, 3.05) is 25.0 Å². The molecule has 108 valence electrons. The Morgan fingerprint density at radius 3 is 2.42 bits per heavy atom. The highest BCUT2D eigenvalue weighted by Gasteiger charge is 2.14. The van der Waals surface area contributed by atoms with E-state index in [-0.39, 0.29) is 0 Å². The molecule has 3 heteroatoms. The second kappa shape index (κ2) is 8.60. The standard InChI is InChI=1S/C16H27BrN2/c1-5-13(6-2)12-19(7-3)16-10-15(17)9-8-14(16)11-18-4/h8-10,13,18H,5-7,11-12H2,1-4H3. The average molecular weight is 327 g/mol. The van der Waals surface area contributed by atoms with Gasteiger partial charge in [-0.1, -0.05) is 48.7 Å². The first-order valence-corrected chi connectivity index (χ1v) is 8.13. The van der Waals surface area contributed by atoms with Crippen LogP contribution in [0, 0.1) is 5.92 Å². The van der Waals surface area contributed by atoms with E-state index in [2.05, 4.69) is 65.1 Å². The van der Waals surface area contributed by atoms with E-state index >= 15 is 0 Å². The Morgan fingerprint density at radius 1 is 1.21 bits per heavy atom. The van der Waals surface area contributed by atoms with Gasteiger partial charge in [0.15, 0.2) is 0 Å². The molecule has 0 saturated heterocycles. The van der Waals surface area contributed by atoms with Crippen LogP contribution < -0.4 is 10.2 Å². The van der Waals surface area contributed by atoms with E-state index in [1.165, 1.54) is 24.1 Å². The summed E-state index contributed by atoms with van der Waals surface area (Å²) in [5.41, 5.74) is 2.73. The Hall–Kier alpha value is -0.540. The lowest BCUT2D eigenvalue weighted by Crippen LogP contribution is -2.30. The predicted molar refractivity (Wildman–Crippen MR) is 88.9 cm³/mol. The molecule has 0 aliphatic heterocycles. The van der Waals surface area contributed by atoms with E-state index in [0.29, 0.717) is 0 Å². The van der Waals surface area contributed by atoms with Crippen molar-refractivity contribution in [3.05, 3.63) is 28.2 Å². The van der Waals surface area contributed by atoms with Crippen molar-refractivity contribution in [3.8, 4) is 0 Å². The molecule has 0 heterocycles. The van der Waals surface area contributed by atoms with Crippen molar-refractivity contribution in [2.24, 2.45) is 5.92 Å². The molecule has 19 heavy (non-hydrogen) atoms. The van der Waals surface area contributed by atoms with Gasteiger partial charge in [0.1, 0.15) is 0 Å². The molecule has 0 aromatic heterocycles. The molecule has 1 rings (SSSR count). The van der Waals surface area contributed by atoms with Crippen LogP contribution in [0.5, 0.6) is 0 Å². The molecule has 0 spiro atoms. The van der Waals surface area contributed by atoms with E-state index in [9.17, 15) is 0 Å². The summed E-state index contributed by atoms with van der Waals surface area (Å²) in [5.74, 6) is 0.779. The molecule has 0 aliphatic carbocycles. The summed E-state index contributed by atoms with van der Waals surface area (Å²) in [6.45, 7) is 9.95. The van der Waals surface area contributed by atoms with Crippen LogP contribution in [-0.2, 0) is 6.54 Å². The number of anilines is 1. The van der Waals surface area contributed by atoms with Gasteiger partial charge in [0.2, 0.25) is 0 Å². The number of hydrogen-bond donors (Lipinski definition) is 1. The second-order valence-corrected chi connectivity index (χ2v) is 5.94. The first-order chi connectivity index (χ1) is 9.15. The molecule has 0 fully saturated rings. The average Bonchev–Trinajstić information content (AvgIpc) is 2.43. The van der Waals surface area contributed by atoms with Crippen LogP contribution in [-0.4, -0.2) is 20.1 Å². The molecule has 2 nitrogen and oxygen atoms in total. The molecule has 0 atom stereocenters. The van der Waals surface area contributed by atoms with Crippen LogP contribution in [0.1, 0.15) is 39.2 Å². The zero-order chi connectivity index (χ0) is 14.3. The van der Waals surface area contributed by atoms with Crippen molar-refractivity contribution in [3.63, 3.8) is 0 Å². The minimum absolute atomic E-state index is 0.779. The smallest absolute Gasteiger partial charge is 0.0423 e. The van der Waals surface area contributed by atoms with Gasteiger partial charge in [-0.15, -0.1) is 0 Å². The second-order valence-electron chi connectivity index (χ2n) is 5.02. The fourth-order valence-corrected chi connectivity index (χ4v) is 2.78. The molecular formula is C16H27BrN2. The monoisotopic (exact) mass is 326 g/mol. The minimum Gasteiger partial charge on any atom is -0.371 e. The number of nitrogens with zero attached hydrogens (tertiary/aromatic N) is 1. The molecule has 0 unspecified atom stereocenters. The fraction of sp³-hybridized carbons (Fsp3) is 0.625. The summed E-state index contributed by atoms with van der Waals surface area (Å²) < 4.78 is 1.16. The molecule has 0 radical (unpaired) electrons. The number of hydrogen-bond acceptors (Lipinski definition) is 2. The van der Waals surface area contributed by atoms with Crippen LogP contribution >= 0.6 is 15.9 Å². The van der Waals surface area contributed by atoms with Gasteiger partial charge in [0, 0.05) is 29.8 Å². The number of rotatable bonds is 8. The Morgan fingerprint density at radius 2 is 1.89 bits per heavy atom. The molecule has 0 aliphatic rings. The first-order valence-electron chi connectivity index (χ1n) is 7.34. The lowest BCUT2D eigenvalue weighted by atomic mass is 10.0. The molecule has 1 aromatic rings. The van der Waals surface area contributed by atoms with Gasteiger partial charge < -0.3 is 10.2 Å². The highest BCUT2D eigenvalue weighted by molar-refractivity contribution is 9.10. The van der Waals surface area contributed by atoms with Crippen LogP contribution in [0.15, 0.2) is 22.7 Å². The van der Waals surface area contributed by atoms with Gasteiger partial charge in [-0.25, -0.2) is 0 Å². The summed E-state index contributed by atoms with van der Waals surface area (Å²) in [7, 11) is 2.00. The zero-order valence-electron chi connectivity index (χ0n) is 12.7. The SMILES string of the molecule is CCC(CC)CN(CC)c1cc(Br)ccc1CNC. The Labute approximate surface area is 126 Å². The van der Waals surface area contributed by atoms with Crippen LogP contribution in [0.4, 0.5) is 5.69 Å². The third-order valence-electron chi connectivity index (χ3n) is 3.77. The van der Waals surface area contributed by atoms with E-state index < -0.39 is 0 Å². The third kappa shape index (κ3) is 4.81. The van der Waals surface area contributed by atoms with Crippen LogP contribution in [0.2, 0.25) is 0 Å². The normalized spacial score (nSPS) is 11.1. The van der Waals surface area contributed by atoms with Gasteiger partial charge >= 0.3 is 0 Å². The van der Waals surface area contributed by atoms with Crippen molar-refractivity contribution in [1.29, 1.82) is 0 Å². The maximum Gasteiger partial charge on any atom is 0.0423 e. The number of nitrogens with one attached hydrogen (secondary N) is 1. The van der Waals surface area contributed by atoms with E-state index in [4.69, 9.17) is 0 Å². The number of halogens is 1. The maximum atomic E-state index is 3.60. The van der Waals surface area contributed by atoms with Crippen molar-refractivity contribution < 1.29 is 0 Å². The Balaban J connectivity index is 2.98. The minimum atomic E-state index is 0.779. The Kier molecular flexibility index (Phi) is 7.47.